The Morgan fingerprint density at radius 1 is 1.25 bits per heavy atom. The van der Waals surface area contributed by atoms with Gasteiger partial charge in [-0.2, -0.15) is 0 Å². The summed E-state index contributed by atoms with van der Waals surface area (Å²) in [5, 5.41) is 2.79. The highest BCUT2D eigenvalue weighted by Gasteiger charge is 2.08. The molecule has 2 rings (SSSR count). The van der Waals surface area contributed by atoms with Crippen LogP contribution in [0, 0.1) is 12.7 Å². The van der Waals surface area contributed by atoms with Crippen molar-refractivity contribution in [3.8, 4) is 5.75 Å². The zero-order chi connectivity index (χ0) is 14.5. The number of ether oxygens (including phenoxy) is 1. The Labute approximate surface area is 117 Å². The second-order valence-electron chi connectivity index (χ2n) is 4.56. The van der Waals surface area contributed by atoms with Crippen molar-refractivity contribution in [2.75, 3.05) is 12.4 Å². The third-order valence-electron chi connectivity index (χ3n) is 2.88. The molecule has 0 fully saturated rings. The van der Waals surface area contributed by atoms with Crippen LogP contribution in [-0.4, -0.2) is 13.0 Å². The molecule has 0 heterocycles. The van der Waals surface area contributed by atoms with Crippen molar-refractivity contribution in [2.24, 2.45) is 0 Å². The van der Waals surface area contributed by atoms with Crippen LogP contribution in [0.4, 0.5) is 10.1 Å². The lowest BCUT2D eigenvalue weighted by atomic mass is 10.1. The van der Waals surface area contributed by atoms with Gasteiger partial charge in [-0.15, -0.1) is 0 Å². The summed E-state index contributed by atoms with van der Waals surface area (Å²) in [4.78, 5) is 11.9. The Bertz CT molecular complexity index is 626. The molecule has 0 unspecified atom stereocenters. The maximum Gasteiger partial charge on any atom is 0.228 e. The number of aryl methyl sites for hydroxylation is 1. The van der Waals surface area contributed by atoms with Crippen LogP contribution in [0.5, 0.6) is 5.75 Å². The van der Waals surface area contributed by atoms with Gasteiger partial charge in [-0.05, 0) is 42.3 Å². The second kappa shape index (κ2) is 6.19. The van der Waals surface area contributed by atoms with Crippen LogP contribution >= 0.6 is 0 Å². The summed E-state index contributed by atoms with van der Waals surface area (Å²) in [6, 6.07) is 12.0. The Balaban J connectivity index is 2.03. The summed E-state index contributed by atoms with van der Waals surface area (Å²) < 4.78 is 18.4. The SMILES string of the molecule is COc1ccc(CC(=O)Nc2cccc(C)c2)cc1F. The summed E-state index contributed by atoms with van der Waals surface area (Å²) in [5.41, 5.74) is 2.41. The second-order valence-corrected chi connectivity index (χ2v) is 4.56. The fraction of sp³-hybridized carbons (Fsp3) is 0.188. The molecule has 0 atom stereocenters. The molecule has 0 saturated carbocycles. The van der Waals surface area contributed by atoms with Crippen molar-refractivity contribution in [1.29, 1.82) is 0 Å². The maximum absolute atomic E-state index is 13.5. The maximum atomic E-state index is 13.5. The molecule has 0 bridgehead atoms. The normalized spacial score (nSPS) is 10.2. The zero-order valence-electron chi connectivity index (χ0n) is 11.4. The molecule has 4 heteroatoms. The van der Waals surface area contributed by atoms with E-state index in [9.17, 15) is 9.18 Å². The first-order valence-corrected chi connectivity index (χ1v) is 6.27. The van der Waals surface area contributed by atoms with E-state index in [2.05, 4.69) is 5.32 Å². The van der Waals surface area contributed by atoms with E-state index in [1.54, 1.807) is 6.07 Å². The van der Waals surface area contributed by atoms with Crippen LogP contribution in [0.1, 0.15) is 11.1 Å². The van der Waals surface area contributed by atoms with Crippen molar-refractivity contribution in [3.05, 3.63) is 59.4 Å². The van der Waals surface area contributed by atoms with E-state index in [0.29, 0.717) is 5.56 Å². The first kappa shape index (κ1) is 14.1. The predicted octanol–water partition coefficient (Wildman–Crippen LogP) is 3.32. The molecule has 104 valence electrons. The van der Waals surface area contributed by atoms with Crippen LogP contribution in [0.3, 0.4) is 0 Å². The number of benzene rings is 2. The monoisotopic (exact) mass is 273 g/mol. The molecule has 0 saturated heterocycles. The Hall–Kier alpha value is -2.36. The van der Waals surface area contributed by atoms with E-state index in [1.807, 2.05) is 31.2 Å². The lowest BCUT2D eigenvalue weighted by Crippen LogP contribution is -2.14. The van der Waals surface area contributed by atoms with Gasteiger partial charge in [-0.1, -0.05) is 18.2 Å². The number of carbonyl (C=O) groups excluding carboxylic acids is 1. The average Bonchev–Trinajstić information content (AvgIpc) is 2.38. The highest BCUT2D eigenvalue weighted by molar-refractivity contribution is 5.92. The van der Waals surface area contributed by atoms with E-state index in [0.717, 1.165) is 11.3 Å². The van der Waals surface area contributed by atoms with Crippen LogP contribution < -0.4 is 10.1 Å². The first-order chi connectivity index (χ1) is 9.58. The molecule has 0 spiro atoms. The van der Waals surface area contributed by atoms with Gasteiger partial charge in [0.1, 0.15) is 0 Å². The van der Waals surface area contributed by atoms with Crippen molar-refractivity contribution < 1.29 is 13.9 Å². The lowest BCUT2D eigenvalue weighted by Gasteiger charge is -2.07. The number of amides is 1. The minimum Gasteiger partial charge on any atom is -0.494 e. The molecule has 1 amide bonds. The summed E-state index contributed by atoms with van der Waals surface area (Å²) in [5.74, 6) is -0.471. The van der Waals surface area contributed by atoms with Crippen molar-refractivity contribution in [2.45, 2.75) is 13.3 Å². The van der Waals surface area contributed by atoms with E-state index in [1.165, 1.54) is 19.2 Å². The van der Waals surface area contributed by atoms with Crippen LogP contribution in [0.15, 0.2) is 42.5 Å². The predicted molar refractivity (Wildman–Crippen MR) is 76.5 cm³/mol. The quantitative estimate of drug-likeness (QED) is 0.928. The number of rotatable bonds is 4. The molecular formula is C16H16FNO2. The summed E-state index contributed by atoms with van der Waals surface area (Å²) in [7, 11) is 1.41. The van der Waals surface area contributed by atoms with E-state index in [-0.39, 0.29) is 18.1 Å². The summed E-state index contributed by atoms with van der Waals surface area (Å²) in [6.07, 6.45) is 0.120. The van der Waals surface area contributed by atoms with E-state index in [4.69, 9.17) is 4.74 Å². The van der Waals surface area contributed by atoms with E-state index < -0.39 is 5.82 Å². The van der Waals surface area contributed by atoms with Gasteiger partial charge in [0, 0.05) is 5.69 Å². The van der Waals surface area contributed by atoms with Gasteiger partial charge in [0.25, 0.3) is 0 Å². The minimum atomic E-state index is -0.464. The fourth-order valence-corrected chi connectivity index (χ4v) is 1.93. The molecular weight excluding hydrogens is 257 g/mol. The van der Waals surface area contributed by atoms with Crippen LogP contribution in [-0.2, 0) is 11.2 Å². The number of halogens is 1. The molecule has 20 heavy (non-hydrogen) atoms. The largest absolute Gasteiger partial charge is 0.494 e. The number of hydrogen-bond acceptors (Lipinski definition) is 2. The smallest absolute Gasteiger partial charge is 0.228 e. The number of hydrogen-bond donors (Lipinski definition) is 1. The third kappa shape index (κ3) is 3.57. The highest BCUT2D eigenvalue weighted by Crippen LogP contribution is 2.18. The van der Waals surface area contributed by atoms with Crippen molar-refractivity contribution >= 4 is 11.6 Å². The van der Waals surface area contributed by atoms with Crippen molar-refractivity contribution in [1.82, 2.24) is 0 Å². The average molecular weight is 273 g/mol. The third-order valence-corrected chi connectivity index (χ3v) is 2.88. The Kier molecular flexibility index (Phi) is 4.35. The number of methoxy groups -OCH3 is 1. The topological polar surface area (TPSA) is 38.3 Å². The molecule has 1 N–H and O–H groups in total. The molecule has 2 aromatic carbocycles. The highest BCUT2D eigenvalue weighted by atomic mass is 19.1. The molecule has 3 nitrogen and oxygen atoms in total. The zero-order valence-corrected chi connectivity index (χ0v) is 11.4. The lowest BCUT2D eigenvalue weighted by molar-refractivity contribution is -0.115. The first-order valence-electron chi connectivity index (χ1n) is 6.27. The Morgan fingerprint density at radius 2 is 2.05 bits per heavy atom. The molecule has 0 aliphatic rings. The summed E-state index contributed by atoms with van der Waals surface area (Å²) in [6.45, 7) is 1.95. The summed E-state index contributed by atoms with van der Waals surface area (Å²) >= 11 is 0. The standard InChI is InChI=1S/C16H16FNO2/c1-11-4-3-5-13(8-11)18-16(19)10-12-6-7-15(20-2)14(17)9-12/h3-9H,10H2,1-2H3,(H,18,19). The number of nitrogens with one attached hydrogen (secondary N) is 1. The molecule has 0 aliphatic carbocycles. The number of carbonyl (C=O) groups is 1. The van der Waals surface area contributed by atoms with Crippen molar-refractivity contribution in [3.63, 3.8) is 0 Å². The van der Waals surface area contributed by atoms with Crippen LogP contribution in [0.2, 0.25) is 0 Å². The Morgan fingerprint density at radius 3 is 2.70 bits per heavy atom. The molecule has 0 aromatic heterocycles. The number of anilines is 1. The molecule has 2 aromatic rings. The molecule has 0 radical (unpaired) electrons. The van der Waals surface area contributed by atoms with E-state index >= 15 is 0 Å². The van der Waals surface area contributed by atoms with Gasteiger partial charge in [0.2, 0.25) is 5.91 Å². The van der Waals surface area contributed by atoms with Gasteiger partial charge < -0.3 is 10.1 Å². The van der Waals surface area contributed by atoms with Gasteiger partial charge in [-0.3, -0.25) is 4.79 Å². The fourth-order valence-electron chi connectivity index (χ4n) is 1.93. The van der Waals surface area contributed by atoms with Crippen LogP contribution in [0.25, 0.3) is 0 Å². The van der Waals surface area contributed by atoms with Gasteiger partial charge in [-0.25, -0.2) is 4.39 Å². The van der Waals surface area contributed by atoms with Gasteiger partial charge >= 0.3 is 0 Å². The molecule has 0 aliphatic heterocycles. The van der Waals surface area contributed by atoms with Gasteiger partial charge in [0.05, 0.1) is 13.5 Å². The van der Waals surface area contributed by atoms with Gasteiger partial charge in [0.15, 0.2) is 11.6 Å². The minimum absolute atomic E-state index is 0.120.